The van der Waals surface area contributed by atoms with E-state index in [-0.39, 0.29) is 16.7 Å². The molecule has 1 fully saturated rings. The number of carbonyl (C=O) groups is 1. The molecule has 8 nitrogen and oxygen atoms in total. The van der Waals surface area contributed by atoms with Crippen LogP contribution in [-0.2, 0) is 17.6 Å². The standard InChI is InChI=1S/C18H26N4O4/c1-18(2,3)26-17(23)20-12-6-5-9-21(11-12)16-13-7-4-8-14(13)19-10-15(16)22(24)25/h10,12H,4-9,11H2,1-3H3,(H-,20,23,24,25)/p+1/t12-/m0/s1. The lowest BCUT2D eigenvalue weighted by Crippen LogP contribution is -2.49. The van der Waals surface area contributed by atoms with Crippen molar-refractivity contribution in [3.63, 3.8) is 0 Å². The molecule has 1 aromatic rings. The number of amides is 1. The molecule has 2 N–H and O–H groups in total. The Morgan fingerprint density at radius 2 is 2.15 bits per heavy atom. The van der Waals surface area contributed by atoms with E-state index in [1.54, 1.807) is 0 Å². The number of pyridine rings is 1. The summed E-state index contributed by atoms with van der Waals surface area (Å²) in [6.07, 6.45) is 5.46. The van der Waals surface area contributed by atoms with E-state index in [9.17, 15) is 14.9 Å². The molecule has 2 aliphatic rings. The Labute approximate surface area is 153 Å². The highest BCUT2D eigenvalue weighted by atomic mass is 16.6. The number of nitrogens with zero attached hydrogens (tertiary/aromatic N) is 3. The third-order valence-electron chi connectivity index (χ3n) is 4.72. The van der Waals surface area contributed by atoms with Crippen LogP contribution in [0.1, 0.15) is 51.3 Å². The maximum atomic E-state index is 12.1. The van der Waals surface area contributed by atoms with Gasteiger partial charge < -0.3 is 15.0 Å². The SMILES string of the molecule is CC(C)(C)OC(=O)N[C@H]1CCCN(c2c([N+](=O)O)cnc3c2CCC3)C1. The monoisotopic (exact) mass is 363 g/mol. The van der Waals surface area contributed by atoms with Crippen LogP contribution >= 0.6 is 0 Å². The van der Waals surface area contributed by atoms with Gasteiger partial charge in [-0.3, -0.25) is 4.98 Å². The summed E-state index contributed by atoms with van der Waals surface area (Å²) in [6, 6.07) is -0.0736. The van der Waals surface area contributed by atoms with Gasteiger partial charge in [0.1, 0.15) is 17.5 Å². The van der Waals surface area contributed by atoms with Crippen molar-refractivity contribution in [2.24, 2.45) is 0 Å². The average molecular weight is 363 g/mol. The molecule has 142 valence electrons. The fraction of sp³-hybridized carbons (Fsp3) is 0.667. The Morgan fingerprint density at radius 1 is 1.38 bits per heavy atom. The van der Waals surface area contributed by atoms with E-state index in [4.69, 9.17) is 4.74 Å². The van der Waals surface area contributed by atoms with Gasteiger partial charge in [-0.2, -0.15) is 0 Å². The molecule has 0 unspecified atom stereocenters. The van der Waals surface area contributed by atoms with E-state index in [0.29, 0.717) is 6.54 Å². The molecule has 0 spiro atoms. The molecule has 1 atom stereocenters. The normalized spacial score (nSPS) is 19.8. The van der Waals surface area contributed by atoms with Crippen LogP contribution in [0.25, 0.3) is 0 Å². The molecule has 1 aliphatic carbocycles. The first kappa shape index (κ1) is 18.4. The fourth-order valence-electron chi connectivity index (χ4n) is 3.75. The molecule has 3 rings (SSSR count). The zero-order chi connectivity index (χ0) is 18.9. The summed E-state index contributed by atoms with van der Waals surface area (Å²) in [5.41, 5.74) is 2.41. The zero-order valence-corrected chi connectivity index (χ0v) is 15.6. The quantitative estimate of drug-likeness (QED) is 0.802. The third-order valence-corrected chi connectivity index (χ3v) is 4.72. The van der Waals surface area contributed by atoms with Crippen LogP contribution in [0.15, 0.2) is 6.20 Å². The molecule has 1 aromatic heterocycles. The number of anilines is 1. The molecule has 0 radical (unpaired) electrons. The summed E-state index contributed by atoms with van der Waals surface area (Å²) >= 11 is 0. The summed E-state index contributed by atoms with van der Waals surface area (Å²) in [7, 11) is 0. The van der Waals surface area contributed by atoms with Crippen molar-refractivity contribution in [3.05, 3.63) is 22.4 Å². The van der Waals surface area contributed by atoms with Crippen LogP contribution in [-0.4, -0.2) is 45.9 Å². The van der Waals surface area contributed by atoms with Gasteiger partial charge in [0.15, 0.2) is 0 Å². The second-order valence-corrected chi connectivity index (χ2v) is 7.98. The number of piperidine rings is 1. The van der Waals surface area contributed by atoms with Crippen molar-refractivity contribution in [1.82, 2.24) is 10.3 Å². The molecule has 1 saturated heterocycles. The predicted molar refractivity (Wildman–Crippen MR) is 95.9 cm³/mol. The summed E-state index contributed by atoms with van der Waals surface area (Å²) in [6.45, 7) is 6.82. The van der Waals surface area contributed by atoms with Crippen LogP contribution in [0.5, 0.6) is 0 Å². The van der Waals surface area contributed by atoms with Gasteiger partial charge in [0.25, 0.3) is 4.92 Å². The number of aromatic nitrogens is 1. The topological polar surface area (TPSA) is 94.8 Å². The number of aryl methyl sites for hydroxylation is 1. The largest absolute Gasteiger partial charge is 0.444 e. The van der Waals surface area contributed by atoms with Gasteiger partial charge in [0.2, 0.25) is 0 Å². The van der Waals surface area contributed by atoms with Crippen molar-refractivity contribution in [1.29, 1.82) is 0 Å². The van der Waals surface area contributed by atoms with Crippen molar-refractivity contribution < 1.29 is 19.7 Å². The minimum Gasteiger partial charge on any atom is -0.444 e. The van der Waals surface area contributed by atoms with Gasteiger partial charge >= 0.3 is 11.8 Å². The van der Waals surface area contributed by atoms with Crippen LogP contribution < -0.4 is 10.2 Å². The number of hydrogen-bond acceptors (Lipinski definition) is 5. The smallest absolute Gasteiger partial charge is 0.407 e. The summed E-state index contributed by atoms with van der Waals surface area (Å²) in [5.74, 6) is 0. The highest BCUT2D eigenvalue weighted by Crippen LogP contribution is 2.38. The summed E-state index contributed by atoms with van der Waals surface area (Å²) in [4.78, 5) is 30.0. The van der Waals surface area contributed by atoms with Gasteiger partial charge in [-0.1, -0.05) is 0 Å². The van der Waals surface area contributed by atoms with Gasteiger partial charge in [-0.15, -0.1) is 0 Å². The average Bonchev–Trinajstić information content (AvgIpc) is 3.00. The maximum absolute atomic E-state index is 12.1. The number of hydrogen-bond donors (Lipinski definition) is 2. The second-order valence-electron chi connectivity index (χ2n) is 7.98. The highest BCUT2D eigenvalue weighted by Gasteiger charge is 2.34. The van der Waals surface area contributed by atoms with Gasteiger partial charge in [0.05, 0.1) is 4.91 Å². The van der Waals surface area contributed by atoms with Crippen molar-refractivity contribution in [2.75, 3.05) is 18.0 Å². The first-order chi connectivity index (χ1) is 12.2. The molecule has 0 bridgehead atoms. The predicted octanol–water partition coefficient (Wildman–Crippen LogP) is 2.86. The van der Waals surface area contributed by atoms with Crippen LogP contribution in [0.3, 0.4) is 0 Å². The van der Waals surface area contributed by atoms with Crippen LogP contribution in [0.2, 0.25) is 0 Å². The van der Waals surface area contributed by atoms with Gasteiger partial charge in [-0.25, -0.2) is 10.0 Å². The number of rotatable bonds is 3. The Hall–Kier alpha value is -2.38. The Kier molecular flexibility index (Phi) is 5.02. The molecule has 1 aliphatic heterocycles. The van der Waals surface area contributed by atoms with Gasteiger partial charge in [-0.05, 0) is 52.9 Å². The molecule has 26 heavy (non-hydrogen) atoms. The number of carbonyl (C=O) groups excluding carboxylic acids is 1. The molecule has 1 amide bonds. The lowest BCUT2D eigenvalue weighted by Gasteiger charge is -2.35. The zero-order valence-electron chi connectivity index (χ0n) is 15.6. The molecular weight excluding hydrogens is 336 g/mol. The first-order valence-corrected chi connectivity index (χ1v) is 9.16. The summed E-state index contributed by atoms with van der Waals surface area (Å²) < 4.78 is 5.34. The minimum atomic E-state index is -0.544. The molecule has 8 heteroatoms. The van der Waals surface area contributed by atoms with Crippen molar-refractivity contribution >= 4 is 17.5 Å². The van der Waals surface area contributed by atoms with Gasteiger partial charge in [0, 0.05) is 30.4 Å². The fourth-order valence-corrected chi connectivity index (χ4v) is 3.75. The van der Waals surface area contributed by atoms with Crippen LogP contribution in [0, 0.1) is 4.91 Å². The molecule has 0 aromatic carbocycles. The van der Waals surface area contributed by atoms with Crippen LogP contribution in [0.4, 0.5) is 16.2 Å². The van der Waals surface area contributed by atoms with E-state index in [0.717, 1.165) is 55.6 Å². The third kappa shape index (κ3) is 4.05. The molecule has 0 saturated carbocycles. The maximum Gasteiger partial charge on any atom is 0.407 e. The summed E-state index contributed by atoms with van der Waals surface area (Å²) in [5, 5.41) is 12.4. The van der Waals surface area contributed by atoms with Crippen molar-refractivity contribution in [3.8, 4) is 0 Å². The Bertz CT molecular complexity index is 714. The Balaban J connectivity index is 1.79. The van der Waals surface area contributed by atoms with E-state index in [1.165, 1.54) is 6.20 Å². The number of fused-ring (bicyclic) bond motifs is 1. The lowest BCUT2D eigenvalue weighted by atomic mass is 10.0. The number of nitrogens with one attached hydrogen (secondary N) is 1. The second kappa shape index (κ2) is 7.09. The lowest BCUT2D eigenvalue weighted by molar-refractivity contribution is -0.729. The molecule has 2 heterocycles. The van der Waals surface area contributed by atoms with Crippen molar-refractivity contribution in [2.45, 2.75) is 64.5 Å². The number of ether oxygens (including phenoxy) is 1. The van der Waals surface area contributed by atoms with E-state index >= 15 is 0 Å². The van der Waals surface area contributed by atoms with E-state index in [2.05, 4.69) is 15.2 Å². The first-order valence-electron chi connectivity index (χ1n) is 9.16. The van der Waals surface area contributed by atoms with E-state index < -0.39 is 11.7 Å². The highest BCUT2D eigenvalue weighted by molar-refractivity contribution is 5.70. The van der Waals surface area contributed by atoms with E-state index in [1.807, 2.05) is 20.8 Å². The Morgan fingerprint density at radius 3 is 2.85 bits per heavy atom. The number of alkyl carbamates (subject to hydrolysis) is 1. The minimum absolute atomic E-state index is 0.0736. The molecular formula is C18H27N4O4+.